The molecule has 0 saturated heterocycles. The van der Waals surface area contributed by atoms with Crippen LogP contribution >= 0.6 is 38.5 Å². The maximum absolute atomic E-state index is 5.87. The molecule has 0 bridgehead atoms. The van der Waals surface area contributed by atoms with E-state index in [2.05, 4.69) is 50.7 Å². The molecule has 0 aliphatic carbocycles. The van der Waals surface area contributed by atoms with Crippen molar-refractivity contribution in [1.82, 2.24) is 0 Å². The van der Waals surface area contributed by atoms with Crippen molar-refractivity contribution in [3.05, 3.63) is 56.1 Å². The van der Waals surface area contributed by atoms with Gasteiger partial charge in [-0.3, -0.25) is 0 Å². The van der Waals surface area contributed by atoms with Gasteiger partial charge in [0.2, 0.25) is 0 Å². The van der Waals surface area contributed by atoms with Gasteiger partial charge in [0.05, 0.1) is 4.47 Å². The van der Waals surface area contributed by atoms with E-state index in [1.165, 1.54) is 5.56 Å². The van der Waals surface area contributed by atoms with Gasteiger partial charge in [-0.25, -0.2) is 0 Å². The molecule has 1 unspecified atom stereocenters. The first kappa shape index (κ1) is 14.8. The average molecular weight is 432 g/mol. The van der Waals surface area contributed by atoms with E-state index in [1.807, 2.05) is 37.3 Å². The second-order valence-corrected chi connectivity index (χ2v) is 6.61. The van der Waals surface area contributed by atoms with E-state index in [4.69, 9.17) is 10.5 Å². The molecule has 1 atom stereocenters. The second kappa shape index (κ2) is 6.72. The van der Waals surface area contributed by atoms with E-state index >= 15 is 0 Å². The zero-order valence-corrected chi connectivity index (χ0v) is 14.3. The Morgan fingerprint density at radius 2 is 2.05 bits per heavy atom. The van der Waals surface area contributed by atoms with Crippen molar-refractivity contribution < 1.29 is 4.74 Å². The molecule has 4 heteroatoms. The molecule has 2 nitrogen and oxygen atoms in total. The fraction of sp³-hybridized carbons (Fsp3) is 0.200. The molecule has 0 fully saturated rings. The van der Waals surface area contributed by atoms with Gasteiger partial charge in [0, 0.05) is 9.61 Å². The molecule has 0 aromatic heterocycles. The predicted molar refractivity (Wildman–Crippen MR) is 90.7 cm³/mol. The van der Waals surface area contributed by atoms with E-state index in [0.29, 0.717) is 0 Å². The van der Waals surface area contributed by atoms with Crippen LogP contribution in [-0.2, 0) is 6.42 Å². The van der Waals surface area contributed by atoms with Crippen LogP contribution in [0.4, 0.5) is 0 Å². The smallest absolute Gasteiger partial charge is 0.141 e. The Bertz CT molecular complexity index is 572. The van der Waals surface area contributed by atoms with Crippen molar-refractivity contribution in [2.75, 3.05) is 0 Å². The van der Waals surface area contributed by atoms with Gasteiger partial charge in [0.15, 0.2) is 0 Å². The van der Waals surface area contributed by atoms with Crippen LogP contribution in [0.5, 0.6) is 11.5 Å². The zero-order chi connectivity index (χ0) is 13.8. The van der Waals surface area contributed by atoms with Gasteiger partial charge in [-0.1, -0.05) is 12.1 Å². The maximum Gasteiger partial charge on any atom is 0.141 e. The summed E-state index contributed by atoms with van der Waals surface area (Å²) in [5.41, 5.74) is 7.01. The summed E-state index contributed by atoms with van der Waals surface area (Å²) in [6.45, 7) is 2.00. The highest BCUT2D eigenvalue weighted by Crippen LogP contribution is 2.31. The Hall–Kier alpha value is -0.590. The van der Waals surface area contributed by atoms with Gasteiger partial charge in [-0.15, -0.1) is 0 Å². The van der Waals surface area contributed by atoms with Crippen molar-refractivity contribution in [3.8, 4) is 11.5 Å². The van der Waals surface area contributed by atoms with E-state index in [0.717, 1.165) is 26.0 Å². The molecule has 0 aliphatic rings. The maximum atomic E-state index is 5.87. The molecule has 2 rings (SSSR count). The van der Waals surface area contributed by atoms with Crippen LogP contribution in [0.15, 0.2) is 46.9 Å². The predicted octanol–water partition coefficient (Wildman–Crippen LogP) is 4.74. The van der Waals surface area contributed by atoms with Crippen LogP contribution in [0.2, 0.25) is 0 Å². The van der Waals surface area contributed by atoms with Crippen LogP contribution in [0.25, 0.3) is 0 Å². The Balaban J connectivity index is 2.17. The number of nitrogens with two attached hydrogens (primary N) is 1. The summed E-state index contributed by atoms with van der Waals surface area (Å²) in [5.74, 6) is 1.66. The number of benzene rings is 2. The third-order valence-electron chi connectivity index (χ3n) is 2.58. The zero-order valence-electron chi connectivity index (χ0n) is 10.6. The number of hydrogen-bond donors (Lipinski definition) is 1. The first-order chi connectivity index (χ1) is 9.04. The van der Waals surface area contributed by atoms with E-state index < -0.39 is 0 Å². The number of ether oxygens (including phenoxy) is 1. The topological polar surface area (TPSA) is 35.2 Å². The summed E-state index contributed by atoms with van der Waals surface area (Å²) < 4.78 is 7.97. The molecule has 0 amide bonds. The number of halogens is 2. The lowest BCUT2D eigenvalue weighted by Crippen LogP contribution is -2.17. The summed E-state index contributed by atoms with van der Waals surface area (Å²) >= 11 is 5.82. The standard InChI is InChI=1S/C15H15BrINO/c1-10(18)7-11-5-6-15(14(16)8-11)19-13-4-2-3-12(17)9-13/h2-6,8-10H,7,18H2,1H3. The summed E-state index contributed by atoms with van der Waals surface area (Å²) in [6.07, 6.45) is 0.863. The molecular weight excluding hydrogens is 417 g/mol. The Labute approximate surface area is 135 Å². The first-order valence-corrected chi connectivity index (χ1v) is 7.89. The quantitative estimate of drug-likeness (QED) is 0.710. The van der Waals surface area contributed by atoms with Crippen LogP contribution in [0.3, 0.4) is 0 Å². The molecule has 0 heterocycles. The molecule has 19 heavy (non-hydrogen) atoms. The lowest BCUT2D eigenvalue weighted by Gasteiger charge is -2.11. The minimum absolute atomic E-state index is 0.161. The minimum Gasteiger partial charge on any atom is -0.456 e. The highest BCUT2D eigenvalue weighted by atomic mass is 127. The van der Waals surface area contributed by atoms with Gasteiger partial charge in [0.25, 0.3) is 0 Å². The second-order valence-electron chi connectivity index (χ2n) is 4.51. The first-order valence-electron chi connectivity index (χ1n) is 6.02. The van der Waals surface area contributed by atoms with Gasteiger partial charge in [-0.2, -0.15) is 0 Å². The van der Waals surface area contributed by atoms with Crippen molar-refractivity contribution in [2.24, 2.45) is 5.73 Å². The lowest BCUT2D eigenvalue weighted by molar-refractivity contribution is 0.479. The average Bonchev–Trinajstić information content (AvgIpc) is 2.32. The van der Waals surface area contributed by atoms with Crippen molar-refractivity contribution >= 4 is 38.5 Å². The van der Waals surface area contributed by atoms with E-state index in [-0.39, 0.29) is 6.04 Å². The van der Waals surface area contributed by atoms with Gasteiger partial charge >= 0.3 is 0 Å². The summed E-state index contributed by atoms with van der Waals surface area (Å²) in [7, 11) is 0. The molecule has 2 N–H and O–H groups in total. The third-order valence-corrected chi connectivity index (χ3v) is 3.87. The third kappa shape index (κ3) is 4.47. The highest BCUT2D eigenvalue weighted by molar-refractivity contribution is 14.1. The summed E-state index contributed by atoms with van der Waals surface area (Å²) in [5, 5.41) is 0. The van der Waals surface area contributed by atoms with Gasteiger partial charge < -0.3 is 10.5 Å². The van der Waals surface area contributed by atoms with Crippen molar-refractivity contribution in [3.63, 3.8) is 0 Å². The van der Waals surface area contributed by atoms with Crippen LogP contribution in [0, 0.1) is 3.57 Å². The molecule has 0 saturated carbocycles. The molecule has 0 radical (unpaired) electrons. The molecule has 0 aliphatic heterocycles. The molecular formula is C15H15BrINO. The fourth-order valence-electron chi connectivity index (χ4n) is 1.78. The SMILES string of the molecule is CC(N)Cc1ccc(Oc2cccc(I)c2)c(Br)c1. The van der Waals surface area contributed by atoms with Crippen molar-refractivity contribution in [2.45, 2.75) is 19.4 Å². The Morgan fingerprint density at radius 3 is 2.68 bits per heavy atom. The van der Waals surface area contributed by atoms with Crippen molar-refractivity contribution in [1.29, 1.82) is 0 Å². The largest absolute Gasteiger partial charge is 0.456 e. The monoisotopic (exact) mass is 431 g/mol. The van der Waals surface area contributed by atoms with E-state index in [9.17, 15) is 0 Å². The van der Waals surface area contributed by atoms with Gasteiger partial charge in [-0.05, 0) is 87.8 Å². The Kier molecular flexibility index (Phi) is 5.24. The van der Waals surface area contributed by atoms with Crippen LogP contribution < -0.4 is 10.5 Å². The molecule has 2 aromatic rings. The fourth-order valence-corrected chi connectivity index (χ4v) is 2.80. The lowest BCUT2D eigenvalue weighted by atomic mass is 10.1. The molecule has 100 valence electrons. The minimum atomic E-state index is 0.161. The summed E-state index contributed by atoms with van der Waals surface area (Å²) in [6, 6.07) is 14.2. The molecule has 2 aromatic carbocycles. The Morgan fingerprint density at radius 1 is 1.26 bits per heavy atom. The normalized spacial score (nSPS) is 12.2. The molecule has 0 spiro atoms. The van der Waals surface area contributed by atoms with Crippen LogP contribution in [-0.4, -0.2) is 6.04 Å². The highest BCUT2D eigenvalue weighted by Gasteiger charge is 2.06. The van der Waals surface area contributed by atoms with E-state index in [1.54, 1.807) is 0 Å². The number of rotatable bonds is 4. The number of hydrogen-bond acceptors (Lipinski definition) is 2. The van der Waals surface area contributed by atoms with Crippen LogP contribution in [0.1, 0.15) is 12.5 Å². The summed E-state index contributed by atoms with van der Waals surface area (Å²) in [4.78, 5) is 0. The van der Waals surface area contributed by atoms with Gasteiger partial charge in [0.1, 0.15) is 11.5 Å².